The Morgan fingerprint density at radius 3 is 3.00 bits per heavy atom. The number of anilines is 2. The summed E-state index contributed by atoms with van der Waals surface area (Å²) in [5.74, 6) is 0. The van der Waals surface area contributed by atoms with Gasteiger partial charge in [0.25, 0.3) is 0 Å². The van der Waals surface area contributed by atoms with Crippen molar-refractivity contribution in [3.05, 3.63) is 40.4 Å². The summed E-state index contributed by atoms with van der Waals surface area (Å²) in [6.07, 6.45) is 3.38. The monoisotopic (exact) mass is 287 g/mol. The number of rotatable bonds is 3. The molecule has 1 aliphatic carbocycles. The molecule has 0 saturated heterocycles. The Bertz CT molecular complexity index is 606. The van der Waals surface area contributed by atoms with Crippen molar-refractivity contribution in [3.63, 3.8) is 0 Å². The van der Waals surface area contributed by atoms with Crippen LogP contribution >= 0.6 is 11.3 Å². The first-order chi connectivity index (χ1) is 9.69. The summed E-state index contributed by atoms with van der Waals surface area (Å²) in [5.41, 5.74) is 9.81. The highest BCUT2D eigenvalue weighted by Crippen LogP contribution is 2.37. The number of benzene rings is 1. The van der Waals surface area contributed by atoms with E-state index < -0.39 is 0 Å². The molecular formula is C16H21N3S. The molecule has 2 N–H and O–H groups in total. The third-order valence-electron chi connectivity index (χ3n) is 3.85. The minimum atomic E-state index is 0.125. The maximum absolute atomic E-state index is 6.19. The van der Waals surface area contributed by atoms with Crippen molar-refractivity contribution in [2.75, 3.05) is 11.4 Å². The Balaban J connectivity index is 1.98. The van der Waals surface area contributed by atoms with Gasteiger partial charge in [0.15, 0.2) is 5.13 Å². The topological polar surface area (TPSA) is 42.2 Å². The molecule has 1 unspecified atom stereocenters. The third kappa shape index (κ3) is 2.45. The number of thiazole rings is 1. The van der Waals surface area contributed by atoms with Crippen LogP contribution in [0, 0.1) is 6.92 Å². The van der Waals surface area contributed by atoms with Gasteiger partial charge in [-0.05, 0) is 50.8 Å². The summed E-state index contributed by atoms with van der Waals surface area (Å²) in [6, 6.07) is 8.72. The standard InChI is InChI=1S/C16H21N3S/c1-3-19(12-7-4-6-11(2)10-12)16-18-15-13(17)8-5-9-14(15)20-16/h4,6-7,10,13H,3,5,8-9,17H2,1-2H3. The van der Waals surface area contributed by atoms with Gasteiger partial charge in [-0.2, -0.15) is 0 Å². The Morgan fingerprint density at radius 1 is 1.45 bits per heavy atom. The van der Waals surface area contributed by atoms with Crippen LogP contribution in [0.15, 0.2) is 24.3 Å². The number of hydrogen-bond acceptors (Lipinski definition) is 4. The third-order valence-corrected chi connectivity index (χ3v) is 5.00. The molecule has 0 bridgehead atoms. The van der Waals surface area contributed by atoms with Gasteiger partial charge in [-0.15, -0.1) is 11.3 Å². The van der Waals surface area contributed by atoms with E-state index in [-0.39, 0.29) is 6.04 Å². The molecule has 3 rings (SSSR count). The minimum absolute atomic E-state index is 0.125. The van der Waals surface area contributed by atoms with Crippen molar-refractivity contribution in [1.29, 1.82) is 0 Å². The van der Waals surface area contributed by atoms with E-state index in [1.807, 2.05) is 11.3 Å². The lowest BCUT2D eigenvalue weighted by Gasteiger charge is -2.20. The molecule has 0 radical (unpaired) electrons. The van der Waals surface area contributed by atoms with E-state index in [0.29, 0.717) is 0 Å². The van der Waals surface area contributed by atoms with Crippen LogP contribution in [0.4, 0.5) is 10.8 Å². The fourth-order valence-electron chi connectivity index (χ4n) is 2.78. The van der Waals surface area contributed by atoms with Gasteiger partial charge in [-0.25, -0.2) is 4.98 Å². The quantitative estimate of drug-likeness (QED) is 0.929. The summed E-state index contributed by atoms with van der Waals surface area (Å²) < 4.78 is 0. The minimum Gasteiger partial charge on any atom is -0.323 e. The van der Waals surface area contributed by atoms with E-state index in [2.05, 4.69) is 43.0 Å². The number of hydrogen-bond donors (Lipinski definition) is 1. The van der Waals surface area contributed by atoms with E-state index in [9.17, 15) is 0 Å². The van der Waals surface area contributed by atoms with E-state index in [1.165, 1.54) is 22.5 Å². The molecule has 20 heavy (non-hydrogen) atoms. The highest BCUT2D eigenvalue weighted by atomic mass is 32.1. The first kappa shape index (κ1) is 13.6. The summed E-state index contributed by atoms with van der Waals surface area (Å²) >= 11 is 1.81. The van der Waals surface area contributed by atoms with Crippen molar-refractivity contribution in [3.8, 4) is 0 Å². The first-order valence-electron chi connectivity index (χ1n) is 7.28. The van der Waals surface area contributed by atoms with Gasteiger partial charge >= 0.3 is 0 Å². The number of nitrogens with two attached hydrogens (primary N) is 1. The lowest BCUT2D eigenvalue weighted by atomic mass is 9.99. The van der Waals surface area contributed by atoms with Gasteiger partial charge < -0.3 is 10.6 Å². The second-order valence-corrected chi connectivity index (χ2v) is 6.45. The van der Waals surface area contributed by atoms with E-state index >= 15 is 0 Å². The zero-order chi connectivity index (χ0) is 14.1. The summed E-state index contributed by atoms with van der Waals surface area (Å²) in [4.78, 5) is 8.49. The number of nitrogens with zero attached hydrogens (tertiary/aromatic N) is 2. The average Bonchev–Trinajstić information content (AvgIpc) is 2.85. The molecule has 1 aromatic carbocycles. The van der Waals surface area contributed by atoms with Crippen molar-refractivity contribution in [2.45, 2.75) is 39.2 Å². The van der Waals surface area contributed by atoms with Crippen molar-refractivity contribution in [2.24, 2.45) is 5.73 Å². The summed E-state index contributed by atoms with van der Waals surface area (Å²) in [5, 5.41) is 1.08. The molecule has 1 aromatic heterocycles. The van der Waals surface area contributed by atoms with Crippen LogP contribution in [0.25, 0.3) is 0 Å². The van der Waals surface area contributed by atoms with E-state index in [4.69, 9.17) is 10.7 Å². The molecule has 0 spiro atoms. The van der Waals surface area contributed by atoms with Gasteiger partial charge in [-0.1, -0.05) is 12.1 Å². The van der Waals surface area contributed by atoms with Crippen LogP contribution in [0.2, 0.25) is 0 Å². The van der Waals surface area contributed by atoms with Gasteiger partial charge in [0.2, 0.25) is 0 Å². The maximum atomic E-state index is 6.19. The highest BCUT2D eigenvalue weighted by molar-refractivity contribution is 7.15. The molecule has 1 aliphatic rings. The van der Waals surface area contributed by atoms with Crippen LogP contribution in [0.1, 0.15) is 41.9 Å². The van der Waals surface area contributed by atoms with Gasteiger partial charge in [0.05, 0.1) is 5.69 Å². The number of fused-ring (bicyclic) bond motifs is 1. The van der Waals surface area contributed by atoms with E-state index in [1.54, 1.807) is 0 Å². The van der Waals surface area contributed by atoms with Gasteiger partial charge in [0, 0.05) is 23.2 Å². The second kappa shape index (κ2) is 5.54. The Kier molecular flexibility index (Phi) is 3.76. The average molecular weight is 287 g/mol. The number of aryl methyl sites for hydroxylation is 2. The molecular weight excluding hydrogens is 266 g/mol. The lowest BCUT2D eigenvalue weighted by Crippen LogP contribution is -2.18. The second-order valence-electron chi connectivity index (χ2n) is 5.39. The Morgan fingerprint density at radius 2 is 2.30 bits per heavy atom. The molecule has 4 heteroatoms. The molecule has 1 heterocycles. The van der Waals surface area contributed by atoms with Crippen molar-refractivity contribution >= 4 is 22.2 Å². The molecule has 0 aliphatic heterocycles. The van der Waals surface area contributed by atoms with Crippen molar-refractivity contribution < 1.29 is 0 Å². The Labute approximate surface area is 124 Å². The predicted octanol–water partition coefficient (Wildman–Crippen LogP) is 3.95. The molecule has 0 saturated carbocycles. The van der Waals surface area contributed by atoms with Crippen LogP contribution in [-0.2, 0) is 6.42 Å². The van der Waals surface area contributed by atoms with Crippen LogP contribution in [0.5, 0.6) is 0 Å². The first-order valence-corrected chi connectivity index (χ1v) is 8.10. The van der Waals surface area contributed by atoms with Crippen LogP contribution in [0.3, 0.4) is 0 Å². The zero-order valence-corrected chi connectivity index (χ0v) is 12.9. The molecule has 0 amide bonds. The smallest absolute Gasteiger partial charge is 0.190 e. The van der Waals surface area contributed by atoms with Crippen LogP contribution < -0.4 is 10.6 Å². The van der Waals surface area contributed by atoms with Crippen molar-refractivity contribution in [1.82, 2.24) is 4.98 Å². The van der Waals surface area contributed by atoms with E-state index in [0.717, 1.165) is 30.2 Å². The summed E-state index contributed by atoms with van der Waals surface area (Å²) in [7, 11) is 0. The fourth-order valence-corrected chi connectivity index (χ4v) is 4.04. The highest BCUT2D eigenvalue weighted by Gasteiger charge is 2.23. The number of aromatic nitrogens is 1. The molecule has 2 aromatic rings. The molecule has 0 fully saturated rings. The molecule has 1 atom stereocenters. The predicted molar refractivity (Wildman–Crippen MR) is 85.8 cm³/mol. The van der Waals surface area contributed by atoms with Gasteiger partial charge in [0.1, 0.15) is 0 Å². The lowest BCUT2D eigenvalue weighted by molar-refractivity contribution is 0.563. The van der Waals surface area contributed by atoms with Crippen LogP contribution in [-0.4, -0.2) is 11.5 Å². The maximum Gasteiger partial charge on any atom is 0.190 e. The summed E-state index contributed by atoms with van der Waals surface area (Å²) in [6.45, 7) is 5.22. The normalized spacial score (nSPS) is 17.9. The fraction of sp³-hybridized carbons (Fsp3) is 0.438. The molecule has 106 valence electrons. The Hall–Kier alpha value is -1.39. The van der Waals surface area contributed by atoms with Gasteiger partial charge in [-0.3, -0.25) is 0 Å². The largest absolute Gasteiger partial charge is 0.323 e. The SMILES string of the molecule is CCN(c1cccc(C)c1)c1nc2c(s1)CCCC2N. The zero-order valence-electron chi connectivity index (χ0n) is 12.1. The molecule has 3 nitrogen and oxygen atoms in total.